The molecule has 6 heteroatoms. The number of carbonyl (C=O) groups excluding carboxylic acids is 2. The molecule has 0 aliphatic carbocycles. The summed E-state index contributed by atoms with van der Waals surface area (Å²) < 4.78 is 4.97. The molecule has 28 heavy (non-hydrogen) atoms. The SMILES string of the molecule is CC(=O)Oc1cccc(C(=O)N[C@@H](Cc2cccc3ccccc23)C(=O)O)c1. The van der Waals surface area contributed by atoms with Crippen LogP contribution in [-0.4, -0.2) is 29.0 Å². The van der Waals surface area contributed by atoms with E-state index < -0.39 is 23.9 Å². The number of ether oxygens (including phenoxy) is 1. The van der Waals surface area contributed by atoms with Gasteiger partial charge in [-0.1, -0.05) is 48.5 Å². The summed E-state index contributed by atoms with van der Waals surface area (Å²) in [6.45, 7) is 1.26. The molecule has 3 aromatic rings. The van der Waals surface area contributed by atoms with Crippen LogP contribution in [0.4, 0.5) is 0 Å². The van der Waals surface area contributed by atoms with E-state index in [4.69, 9.17) is 4.74 Å². The molecule has 0 aromatic heterocycles. The summed E-state index contributed by atoms with van der Waals surface area (Å²) in [6.07, 6.45) is 0.145. The first-order valence-electron chi connectivity index (χ1n) is 8.73. The molecule has 2 N–H and O–H groups in total. The Hall–Kier alpha value is -3.67. The van der Waals surface area contributed by atoms with Gasteiger partial charge in [0.1, 0.15) is 11.8 Å². The van der Waals surface area contributed by atoms with Crippen LogP contribution in [0.2, 0.25) is 0 Å². The predicted molar refractivity (Wildman–Crippen MR) is 104 cm³/mol. The third-order valence-electron chi connectivity index (χ3n) is 4.27. The number of carboxylic acids is 1. The summed E-state index contributed by atoms with van der Waals surface area (Å²) >= 11 is 0. The Morgan fingerprint density at radius 3 is 2.46 bits per heavy atom. The Bertz CT molecular complexity index is 1040. The molecule has 6 nitrogen and oxygen atoms in total. The third kappa shape index (κ3) is 4.54. The molecule has 3 aromatic carbocycles. The van der Waals surface area contributed by atoms with Gasteiger partial charge >= 0.3 is 11.9 Å². The zero-order chi connectivity index (χ0) is 20.1. The van der Waals surface area contributed by atoms with Crippen LogP contribution in [0.15, 0.2) is 66.7 Å². The zero-order valence-corrected chi connectivity index (χ0v) is 15.2. The van der Waals surface area contributed by atoms with Gasteiger partial charge in [0.2, 0.25) is 0 Å². The van der Waals surface area contributed by atoms with Crippen LogP contribution in [0.1, 0.15) is 22.8 Å². The van der Waals surface area contributed by atoms with E-state index >= 15 is 0 Å². The van der Waals surface area contributed by atoms with Crippen molar-refractivity contribution in [3.8, 4) is 5.75 Å². The Morgan fingerprint density at radius 2 is 1.71 bits per heavy atom. The van der Waals surface area contributed by atoms with E-state index in [9.17, 15) is 19.5 Å². The Labute approximate surface area is 161 Å². The largest absolute Gasteiger partial charge is 0.480 e. The van der Waals surface area contributed by atoms with Crippen molar-refractivity contribution >= 4 is 28.6 Å². The minimum absolute atomic E-state index is 0.145. The van der Waals surface area contributed by atoms with Gasteiger partial charge < -0.3 is 15.2 Å². The standard InChI is InChI=1S/C22H19NO5/c1-14(24)28-18-10-5-9-17(12-18)21(25)23-20(22(26)27)13-16-8-4-7-15-6-2-3-11-19(15)16/h2-12,20H,13H2,1H3,(H,23,25)(H,26,27)/t20-/m0/s1. The van der Waals surface area contributed by atoms with Gasteiger partial charge in [0.15, 0.2) is 0 Å². The quantitative estimate of drug-likeness (QED) is 0.508. The second kappa shape index (κ2) is 8.35. The van der Waals surface area contributed by atoms with Crippen molar-refractivity contribution in [1.29, 1.82) is 0 Å². The molecular weight excluding hydrogens is 358 g/mol. The maximum Gasteiger partial charge on any atom is 0.326 e. The molecule has 0 spiro atoms. The monoisotopic (exact) mass is 377 g/mol. The Balaban J connectivity index is 1.80. The lowest BCUT2D eigenvalue weighted by molar-refractivity contribution is -0.139. The Morgan fingerprint density at radius 1 is 1.00 bits per heavy atom. The lowest BCUT2D eigenvalue weighted by Gasteiger charge is -2.16. The molecule has 0 unspecified atom stereocenters. The van der Waals surface area contributed by atoms with Crippen LogP contribution in [-0.2, 0) is 16.0 Å². The number of aliphatic carboxylic acids is 1. The molecule has 0 heterocycles. The van der Waals surface area contributed by atoms with Gasteiger partial charge in [-0.2, -0.15) is 0 Å². The van der Waals surface area contributed by atoms with Gasteiger partial charge in [-0.05, 0) is 34.5 Å². The predicted octanol–water partition coefficient (Wildman–Crippen LogP) is 3.19. The minimum Gasteiger partial charge on any atom is -0.480 e. The fraction of sp³-hybridized carbons (Fsp3) is 0.136. The number of hydrogen-bond donors (Lipinski definition) is 2. The van der Waals surface area contributed by atoms with Crippen LogP contribution in [0, 0.1) is 0 Å². The van der Waals surface area contributed by atoms with E-state index in [1.165, 1.54) is 19.1 Å². The number of hydrogen-bond acceptors (Lipinski definition) is 4. The summed E-state index contributed by atoms with van der Waals surface area (Å²) in [6, 6.07) is 18.3. The maximum absolute atomic E-state index is 12.5. The summed E-state index contributed by atoms with van der Waals surface area (Å²) in [5, 5.41) is 14.1. The van der Waals surface area contributed by atoms with Gasteiger partial charge in [-0.25, -0.2) is 4.79 Å². The first-order chi connectivity index (χ1) is 13.4. The highest BCUT2D eigenvalue weighted by Gasteiger charge is 2.22. The highest BCUT2D eigenvalue weighted by atomic mass is 16.5. The fourth-order valence-corrected chi connectivity index (χ4v) is 3.00. The van der Waals surface area contributed by atoms with Crippen molar-refractivity contribution in [2.45, 2.75) is 19.4 Å². The molecular formula is C22H19NO5. The molecule has 1 atom stereocenters. The molecule has 0 aliphatic heterocycles. The number of carboxylic acid groups (broad SMARTS) is 1. The van der Waals surface area contributed by atoms with Gasteiger partial charge in [0.25, 0.3) is 5.91 Å². The molecule has 142 valence electrons. The van der Waals surface area contributed by atoms with Gasteiger partial charge in [0, 0.05) is 18.9 Å². The molecule has 0 saturated carbocycles. The summed E-state index contributed by atoms with van der Waals surface area (Å²) in [7, 11) is 0. The van der Waals surface area contributed by atoms with Crippen molar-refractivity contribution in [2.75, 3.05) is 0 Å². The van der Waals surface area contributed by atoms with Crippen molar-refractivity contribution < 1.29 is 24.2 Å². The average Bonchev–Trinajstić information content (AvgIpc) is 2.67. The van der Waals surface area contributed by atoms with Crippen LogP contribution in [0.25, 0.3) is 10.8 Å². The van der Waals surface area contributed by atoms with Gasteiger partial charge in [-0.15, -0.1) is 0 Å². The van der Waals surface area contributed by atoms with E-state index in [2.05, 4.69) is 5.32 Å². The number of benzene rings is 3. The normalized spacial score (nSPS) is 11.6. The van der Waals surface area contributed by atoms with E-state index in [0.717, 1.165) is 16.3 Å². The van der Waals surface area contributed by atoms with Crippen LogP contribution in [0.3, 0.4) is 0 Å². The molecule has 0 bridgehead atoms. The van der Waals surface area contributed by atoms with Crippen molar-refractivity contribution in [3.05, 3.63) is 77.9 Å². The van der Waals surface area contributed by atoms with E-state index in [-0.39, 0.29) is 17.7 Å². The number of fused-ring (bicyclic) bond motifs is 1. The minimum atomic E-state index is -1.13. The van der Waals surface area contributed by atoms with Crippen molar-refractivity contribution in [1.82, 2.24) is 5.32 Å². The second-order valence-electron chi connectivity index (χ2n) is 6.33. The summed E-state index contributed by atoms with van der Waals surface area (Å²) in [4.78, 5) is 35.3. The summed E-state index contributed by atoms with van der Waals surface area (Å²) in [5.41, 5.74) is 1.04. The molecule has 0 aliphatic rings. The highest BCUT2D eigenvalue weighted by Crippen LogP contribution is 2.20. The van der Waals surface area contributed by atoms with Gasteiger partial charge in [0.05, 0.1) is 0 Å². The number of rotatable bonds is 6. The lowest BCUT2D eigenvalue weighted by atomic mass is 9.98. The number of esters is 1. The molecule has 0 saturated heterocycles. The Kier molecular flexibility index (Phi) is 5.69. The maximum atomic E-state index is 12.5. The number of amides is 1. The van der Waals surface area contributed by atoms with Crippen molar-refractivity contribution in [3.63, 3.8) is 0 Å². The molecule has 3 rings (SSSR count). The third-order valence-corrected chi connectivity index (χ3v) is 4.27. The second-order valence-corrected chi connectivity index (χ2v) is 6.33. The van der Waals surface area contributed by atoms with E-state index in [0.29, 0.717) is 0 Å². The van der Waals surface area contributed by atoms with E-state index in [1.807, 2.05) is 42.5 Å². The smallest absolute Gasteiger partial charge is 0.326 e. The molecule has 1 amide bonds. The van der Waals surface area contributed by atoms with Gasteiger partial charge in [-0.3, -0.25) is 9.59 Å². The highest BCUT2D eigenvalue weighted by molar-refractivity contribution is 5.97. The summed E-state index contributed by atoms with van der Waals surface area (Å²) in [5.74, 6) is -1.96. The van der Waals surface area contributed by atoms with E-state index in [1.54, 1.807) is 12.1 Å². The lowest BCUT2D eigenvalue weighted by Crippen LogP contribution is -2.42. The number of nitrogens with one attached hydrogen (secondary N) is 1. The van der Waals surface area contributed by atoms with Crippen LogP contribution in [0.5, 0.6) is 5.75 Å². The first-order valence-corrected chi connectivity index (χ1v) is 8.73. The molecule has 0 radical (unpaired) electrons. The topological polar surface area (TPSA) is 92.7 Å². The van der Waals surface area contributed by atoms with Crippen molar-refractivity contribution in [2.24, 2.45) is 0 Å². The van der Waals surface area contributed by atoms with Crippen LogP contribution < -0.4 is 10.1 Å². The number of carbonyl (C=O) groups is 3. The van der Waals surface area contributed by atoms with Crippen LogP contribution >= 0.6 is 0 Å². The fourth-order valence-electron chi connectivity index (χ4n) is 3.00. The molecule has 0 fully saturated rings. The average molecular weight is 377 g/mol. The first kappa shape index (κ1) is 19.1. The zero-order valence-electron chi connectivity index (χ0n) is 15.2.